The summed E-state index contributed by atoms with van der Waals surface area (Å²) in [4.78, 5) is 17.5. The Kier molecular flexibility index (Phi) is 5.28. The second-order valence-electron chi connectivity index (χ2n) is 6.60. The molecule has 1 atom stereocenters. The zero-order valence-corrected chi connectivity index (χ0v) is 14.6. The standard InChI is InChI=1S/C19H27N3O2/c1-3-24-17-8-4-7-16-18(17)15(12-21-16)9-10-20-19(23)22-11-5-6-14(2)13-22/h4,7-8,12,14,21H,3,5-6,9-11,13H2,1-2H3,(H,20,23)/t14-/m1/s1. The number of hydrogen-bond donors (Lipinski definition) is 2. The molecule has 0 spiro atoms. The van der Waals surface area contributed by atoms with Crippen molar-refractivity contribution in [1.82, 2.24) is 15.2 Å². The molecular formula is C19H27N3O2. The van der Waals surface area contributed by atoms with Gasteiger partial charge in [0.2, 0.25) is 0 Å². The Balaban J connectivity index is 1.60. The molecule has 1 aliphatic rings. The highest BCUT2D eigenvalue weighted by Crippen LogP contribution is 2.29. The van der Waals surface area contributed by atoms with E-state index in [9.17, 15) is 4.79 Å². The van der Waals surface area contributed by atoms with Gasteiger partial charge in [-0.2, -0.15) is 0 Å². The first kappa shape index (κ1) is 16.7. The maximum absolute atomic E-state index is 12.3. The number of rotatable bonds is 5. The lowest BCUT2D eigenvalue weighted by molar-refractivity contribution is 0.170. The van der Waals surface area contributed by atoms with E-state index in [1.54, 1.807) is 0 Å². The van der Waals surface area contributed by atoms with Crippen molar-refractivity contribution >= 4 is 16.9 Å². The van der Waals surface area contributed by atoms with Crippen molar-refractivity contribution in [2.75, 3.05) is 26.2 Å². The first-order valence-electron chi connectivity index (χ1n) is 8.93. The van der Waals surface area contributed by atoms with Crippen molar-refractivity contribution in [3.8, 4) is 5.75 Å². The molecule has 0 saturated carbocycles. The maximum Gasteiger partial charge on any atom is 0.317 e. The van der Waals surface area contributed by atoms with Gasteiger partial charge in [-0.05, 0) is 49.8 Å². The Hall–Kier alpha value is -2.17. The number of aromatic nitrogens is 1. The number of ether oxygens (including phenoxy) is 1. The van der Waals surface area contributed by atoms with Crippen molar-refractivity contribution in [3.63, 3.8) is 0 Å². The predicted molar refractivity (Wildman–Crippen MR) is 96.5 cm³/mol. The van der Waals surface area contributed by atoms with Crippen molar-refractivity contribution in [2.24, 2.45) is 5.92 Å². The molecule has 1 aromatic heterocycles. The van der Waals surface area contributed by atoms with E-state index >= 15 is 0 Å². The number of piperidine rings is 1. The summed E-state index contributed by atoms with van der Waals surface area (Å²) in [5.74, 6) is 1.51. The zero-order chi connectivity index (χ0) is 16.9. The molecule has 1 aromatic carbocycles. The van der Waals surface area contributed by atoms with E-state index in [2.05, 4.69) is 23.3 Å². The minimum atomic E-state index is 0.0615. The number of aromatic amines is 1. The first-order chi connectivity index (χ1) is 11.7. The highest BCUT2D eigenvalue weighted by atomic mass is 16.5. The fraction of sp³-hybridized carbons (Fsp3) is 0.526. The summed E-state index contributed by atoms with van der Waals surface area (Å²) in [7, 11) is 0. The van der Waals surface area contributed by atoms with Crippen LogP contribution in [-0.4, -0.2) is 42.2 Å². The number of likely N-dealkylation sites (tertiary alicyclic amines) is 1. The number of hydrogen-bond acceptors (Lipinski definition) is 2. The van der Waals surface area contributed by atoms with Gasteiger partial charge in [-0.25, -0.2) is 4.79 Å². The summed E-state index contributed by atoms with van der Waals surface area (Å²) in [6.07, 6.45) is 5.13. The maximum atomic E-state index is 12.3. The fourth-order valence-corrected chi connectivity index (χ4v) is 3.48. The van der Waals surface area contributed by atoms with Gasteiger partial charge in [0.05, 0.1) is 6.61 Å². The minimum Gasteiger partial charge on any atom is -0.493 e. The molecule has 2 heterocycles. The molecule has 5 nitrogen and oxygen atoms in total. The Morgan fingerprint density at radius 1 is 1.46 bits per heavy atom. The summed E-state index contributed by atoms with van der Waals surface area (Å²) >= 11 is 0. The summed E-state index contributed by atoms with van der Waals surface area (Å²) in [5.41, 5.74) is 2.26. The molecule has 5 heteroatoms. The number of nitrogens with one attached hydrogen (secondary N) is 2. The fourth-order valence-electron chi connectivity index (χ4n) is 3.48. The molecule has 0 radical (unpaired) electrons. The number of nitrogens with zero attached hydrogens (tertiary/aromatic N) is 1. The van der Waals surface area contributed by atoms with Crippen LogP contribution in [-0.2, 0) is 6.42 Å². The number of H-pyrrole nitrogens is 1. The van der Waals surface area contributed by atoms with Crippen LogP contribution in [0.25, 0.3) is 10.9 Å². The summed E-state index contributed by atoms with van der Waals surface area (Å²) in [5, 5.41) is 4.18. The molecule has 1 fully saturated rings. The van der Waals surface area contributed by atoms with Gasteiger partial charge < -0.3 is 19.9 Å². The van der Waals surface area contributed by atoms with Crippen LogP contribution in [0.5, 0.6) is 5.75 Å². The van der Waals surface area contributed by atoms with Crippen LogP contribution >= 0.6 is 0 Å². The zero-order valence-electron chi connectivity index (χ0n) is 14.6. The molecule has 0 aliphatic carbocycles. The van der Waals surface area contributed by atoms with Gasteiger partial charge in [0.25, 0.3) is 0 Å². The van der Waals surface area contributed by atoms with Gasteiger partial charge in [0.15, 0.2) is 0 Å². The molecule has 2 amide bonds. The summed E-state index contributed by atoms with van der Waals surface area (Å²) in [6.45, 7) is 7.22. The SMILES string of the molecule is CCOc1cccc2[nH]cc(CCNC(=O)N3CCC[C@@H](C)C3)c12. The summed E-state index contributed by atoms with van der Waals surface area (Å²) < 4.78 is 5.74. The van der Waals surface area contributed by atoms with Gasteiger partial charge in [-0.1, -0.05) is 13.0 Å². The van der Waals surface area contributed by atoms with E-state index in [-0.39, 0.29) is 6.03 Å². The van der Waals surface area contributed by atoms with Crippen LogP contribution in [0.1, 0.15) is 32.3 Å². The predicted octanol–water partition coefficient (Wildman–Crippen LogP) is 3.55. The average molecular weight is 329 g/mol. The lowest BCUT2D eigenvalue weighted by Crippen LogP contribution is -2.45. The molecule has 130 valence electrons. The van der Waals surface area contributed by atoms with Crippen LogP contribution in [0.3, 0.4) is 0 Å². The monoisotopic (exact) mass is 329 g/mol. The number of benzene rings is 1. The van der Waals surface area contributed by atoms with Gasteiger partial charge in [-0.15, -0.1) is 0 Å². The second-order valence-corrected chi connectivity index (χ2v) is 6.60. The third kappa shape index (κ3) is 3.66. The van der Waals surface area contributed by atoms with Crippen LogP contribution < -0.4 is 10.1 Å². The number of carbonyl (C=O) groups excluding carboxylic acids is 1. The number of amides is 2. The number of carbonyl (C=O) groups is 1. The lowest BCUT2D eigenvalue weighted by atomic mass is 10.0. The van der Waals surface area contributed by atoms with Gasteiger partial charge in [0, 0.05) is 36.7 Å². The van der Waals surface area contributed by atoms with Gasteiger partial charge >= 0.3 is 6.03 Å². The van der Waals surface area contributed by atoms with E-state index in [0.717, 1.165) is 42.6 Å². The minimum absolute atomic E-state index is 0.0615. The Morgan fingerprint density at radius 3 is 3.12 bits per heavy atom. The molecule has 24 heavy (non-hydrogen) atoms. The Labute approximate surface area is 143 Å². The van der Waals surface area contributed by atoms with E-state index in [0.29, 0.717) is 19.1 Å². The highest BCUT2D eigenvalue weighted by Gasteiger charge is 2.20. The molecule has 0 bridgehead atoms. The number of urea groups is 1. The van der Waals surface area contributed by atoms with E-state index in [1.165, 1.54) is 12.0 Å². The van der Waals surface area contributed by atoms with Crippen LogP contribution in [0.15, 0.2) is 24.4 Å². The molecule has 2 aromatic rings. The van der Waals surface area contributed by atoms with E-state index in [4.69, 9.17) is 4.74 Å². The van der Waals surface area contributed by atoms with Crippen molar-refractivity contribution in [3.05, 3.63) is 30.0 Å². The lowest BCUT2D eigenvalue weighted by Gasteiger charge is -2.30. The van der Waals surface area contributed by atoms with Crippen LogP contribution in [0.2, 0.25) is 0 Å². The first-order valence-corrected chi connectivity index (χ1v) is 8.93. The van der Waals surface area contributed by atoms with E-state index < -0.39 is 0 Å². The van der Waals surface area contributed by atoms with Gasteiger partial charge in [0.1, 0.15) is 5.75 Å². The van der Waals surface area contributed by atoms with Crippen molar-refractivity contribution in [2.45, 2.75) is 33.1 Å². The topological polar surface area (TPSA) is 57.4 Å². The average Bonchev–Trinajstić information content (AvgIpc) is 2.99. The quantitative estimate of drug-likeness (QED) is 0.881. The molecule has 1 aliphatic heterocycles. The second kappa shape index (κ2) is 7.60. The molecule has 3 rings (SSSR count). The number of fused-ring (bicyclic) bond motifs is 1. The Morgan fingerprint density at radius 2 is 2.33 bits per heavy atom. The largest absolute Gasteiger partial charge is 0.493 e. The third-order valence-corrected chi connectivity index (χ3v) is 4.66. The molecular weight excluding hydrogens is 302 g/mol. The Bertz CT molecular complexity index is 695. The molecule has 1 saturated heterocycles. The third-order valence-electron chi connectivity index (χ3n) is 4.66. The molecule has 2 N–H and O–H groups in total. The normalized spacial score (nSPS) is 17.9. The van der Waals surface area contributed by atoms with Crippen LogP contribution in [0.4, 0.5) is 4.79 Å². The highest BCUT2D eigenvalue weighted by molar-refractivity contribution is 5.89. The molecule has 0 unspecified atom stereocenters. The van der Waals surface area contributed by atoms with Crippen molar-refractivity contribution < 1.29 is 9.53 Å². The van der Waals surface area contributed by atoms with E-state index in [1.807, 2.05) is 30.2 Å². The summed E-state index contributed by atoms with van der Waals surface area (Å²) in [6, 6.07) is 6.10. The van der Waals surface area contributed by atoms with Crippen molar-refractivity contribution in [1.29, 1.82) is 0 Å². The van der Waals surface area contributed by atoms with Crippen LogP contribution in [0, 0.1) is 5.92 Å². The smallest absolute Gasteiger partial charge is 0.317 e. The van der Waals surface area contributed by atoms with Gasteiger partial charge in [-0.3, -0.25) is 0 Å².